The molecule has 2 N–H and O–H groups in total. The molecule has 0 bridgehead atoms. The van der Waals surface area contributed by atoms with Crippen LogP contribution in [0.15, 0.2) is 42.8 Å². The lowest BCUT2D eigenvalue weighted by Gasteiger charge is -2.04. The van der Waals surface area contributed by atoms with Gasteiger partial charge in [-0.1, -0.05) is 15.9 Å². The Balaban J connectivity index is 2.07. The van der Waals surface area contributed by atoms with Gasteiger partial charge in [-0.25, -0.2) is 0 Å². The highest BCUT2D eigenvalue weighted by atomic mass is 79.9. The normalized spacial score (nSPS) is 10.6. The molecule has 0 amide bonds. The third kappa shape index (κ3) is 3.26. The molecule has 0 fully saturated rings. The van der Waals surface area contributed by atoms with Gasteiger partial charge in [0.05, 0.1) is 3.79 Å². The van der Waals surface area contributed by atoms with Gasteiger partial charge in [0.25, 0.3) is 0 Å². The number of thioether (sulfide) groups is 1. The molecule has 0 unspecified atom stereocenters. The van der Waals surface area contributed by atoms with Crippen LogP contribution in [-0.2, 0) is 5.75 Å². The van der Waals surface area contributed by atoms with Gasteiger partial charge in [0.1, 0.15) is 0 Å². The molecule has 0 atom stereocenters. The summed E-state index contributed by atoms with van der Waals surface area (Å²) in [5, 5.41) is 2.16. The van der Waals surface area contributed by atoms with E-state index < -0.39 is 0 Å². The highest BCUT2D eigenvalue weighted by Crippen LogP contribution is 2.32. The summed E-state index contributed by atoms with van der Waals surface area (Å²) in [5.41, 5.74) is 8.07. The van der Waals surface area contributed by atoms with Gasteiger partial charge >= 0.3 is 0 Å². The van der Waals surface area contributed by atoms with Crippen LogP contribution in [0.25, 0.3) is 0 Å². The Morgan fingerprint density at radius 2 is 2.06 bits per heavy atom. The van der Waals surface area contributed by atoms with Crippen molar-refractivity contribution >= 4 is 60.6 Å². The van der Waals surface area contributed by atoms with Crippen molar-refractivity contribution < 1.29 is 0 Å². The number of thiophene rings is 1. The van der Waals surface area contributed by atoms with E-state index in [1.807, 2.05) is 12.1 Å². The number of benzene rings is 1. The van der Waals surface area contributed by atoms with E-state index in [4.69, 9.17) is 5.73 Å². The van der Waals surface area contributed by atoms with Gasteiger partial charge in [-0.3, -0.25) is 0 Å². The van der Waals surface area contributed by atoms with Gasteiger partial charge in [-0.05, 0) is 51.1 Å². The maximum atomic E-state index is 5.91. The SMILES string of the molecule is Nc1ccc(Br)cc1SCc1csc(Br)c1. The lowest BCUT2D eigenvalue weighted by atomic mass is 10.3. The average molecular weight is 379 g/mol. The predicted molar refractivity (Wildman–Crippen MR) is 80.1 cm³/mol. The Kier molecular flexibility index (Phi) is 4.35. The third-order valence-corrected chi connectivity index (χ3v) is 5.18. The predicted octanol–water partition coefficient (Wildman–Crippen LogP) is 5.15. The van der Waals surface area contributed by atoms with Crippen molar-refractivity contribution in [2.45, 2.75) is 10.6 Å². The topological polar surface area (TPSA) is 26.0 Å². The van der Waals surface area contributed by atoms with Crippen LogP contribution in [0.3, 0.4) is 0 Å². The van der Waals surface area contributed by atoms with Crippen LogP contribution in [0.1, 0.15) is 5.56 Å². The van der Waals surface area contributed by atoms with Gasteiger partial charge in [-0.2, -0.15) is 0 Å². The van der Waals surface area contributed by atoms with E-state index in [9.17, 15) is 0 Å². The quantitative estimate of drug-likeness (QED) is 0.590. The molecule has 84 valence electrons. The Labute approximate surface area is 120 Å². The van der Waals surface area contributed by atoms with Gasteiger partial charge in [0.2, 0.25) is 0 Å². The number of rotatable bonds is 3. The van der Waals surface area contributed by atoms with Crippen LogP contribution < -0.4 is 5.73 Å². The van der Waals surface area contributed by atoms with Gasteiger partial charge in [-0.15, -0.1) is 23.1 Å². The first kappa shape index (κ1) is 12.5. The average Bonchev–Trinajstić information content (AvgIpc) is 2.66. The van der Waals surface area contributed by atoms with Crippen LogP contribution in [0.5, 0.6) is 0 Å². The summed E-state index contributed by atoms with van der Waals surface area (Å²) in [7, 11) is 0. The maximum absolute atomic E-state index is 5.91. The smallest absolute Gasteiger partial charge is 0.0701 e. The van der Waals surface area contributed by atoms with Crippen molar-refractivity contribution in [2.24, 2.45) is 0 Å². The molecule has 16 heavy (non-hydrogen) atoms. The fourth-order valence-electron chi connectivity index (χ4n) is 1.22. The number of anilines is 1. The molecule has 2 rings (SSSR count). The molecule has 0 aliphatic heterocycles. The van der Waals surface area contributed by atoms with Crippen molar-refractivity contribution in [1.82, 2.24) is 0 Å². The number of halogens is 2. The molecule has 1 nitrogen and oxygen atoms in total. The van der Waals surface area contributed by atoms with Crippen LogP contribution >= 0.6 is 55.0 Å². The van der Waals surface area contributed by atoms with E-state index in [1.165, 1.54) is 9.35 Å². The summed E-state index contributed by atoms with van der Waals surface area (Å²) >= 11 is 10.4. The first-order chi connectivity index (χ1) is 7.65. The molecule has 0 aliphatic carbocycles. The van der Waals surface area contributed by atoms with Gasteiger partial charge < -0.3 is 5.73 Å². The van der Waals surface area contributed by atoms with Crippen LogP contribution in [0.2, 0.25) is 0 Å². The van der Waals surface area contributed by atoms with E-state index in [1.54, 1.807) is 23.1 Å². The fourth-order valence-corrected chi connectivity index (χ4v) is 3.98. The summed E-state index contributed by atoms with van der Waals surface area (Å²) < 4.78 is 2.24. The number of hydrogen-bond acceptors (Lipinski definition) is 3. The first-order valence-electron chi connectivity index (χ1n) is 4.56. The molecule has 1 heterocycles. The van der Waals surface area contributed by atoms with E-state index in [0.717, 1.165) is 20.8 Å². The van der Waals surface area contributed by atoms with Crippen molar-refractivity contribution in [2.75, 3.05) is 5.73 Å². The zero-order valence-corrected chi connectivity index (χ0v) is 13.0. The van der Waals surface area contributed by atoms with Crippen molar-refractivity contribution in [3.05, 3.63) is 43.5 Å². The molecule has 0 spiro atoms. The lowest BCUT2D eigenvalue weighted by Crippen LogP contribution is -1.88. The molecule has 0 saturated carbocycles. The van der Waals surface area contributed by atoms with E-state index in [0.29, 0.717) is 0 Å². The van der Waals surface area contributed by atoms with E-state index in [2.05, 4.69) is 49.4 Å². The molecule has 0 saturated heterocycles. The number of nitrogens with two attached hydrogens (primary N) is 1. The molecular weight excluding hydrogens is 370 g/mol. The summed E-state index contributed by atoms with van der Waals surface area (Å²) in [4.78, 5) is 1.12. The van der Waals surface area contributed by atoms with Crippen LogP contribution in [0.4, 0.5) is 5.69 Å². The second-order valence-electron chi connectivity index (χ2n) is 3.23. The van der Waals surface area contributed by atoms with Crippen LogP contribution in [-0.4, -0.2) is 0 Å². The second-order valence-corrected chi connectivity index (χ2v) is 7.45. The summed E-state index contributed by atoms with van der Waals surface area (Å²) in [6.07, 6.45) is 0. The Hall–Kier alpha value is 0.0300. The molecular formula is C11H9Br2NS2. The number of hydrogen-bond donors (Lipinski definition) is 1. The minimum absolute atomic E-state index is 0.836. The maximum Gasteiger partial charge on any atom is 0.0701 e. The minimum atomic E-state index is 0.836. The highest BCUT2D eigenvalue weighted by molar-refractivity contribution is 9.11. The van der Waals surface area contributed by atoms with Crippen molar-refractivity contribution in [3.8, 4) is 0 Å². The fraction of sp³-hybridized carbons (Fsp3) is 0.0909. The first-order valence-corrected chi connectivity index (χ1v) is 8.01. The van der Waals surface area contributed by atoms with Crippen molar-refractivity contribution in [3.63, 3.8) is 0 Å². The minimum Gasteiger partial charge on any atom is -0.398 e. The van der Waals surface area contributed by atoms with Gasteiger partial charge in [0.15, 0.2) is 0 Å². The Morgan fingerprint density at radius 3 is 2.75 bits per heavy atom. The zero-order chi connectivity index (χ0) is 11.5. The third-order valence-electron chi connectivity index (χ3n) is 1.99. The van der Waals surface area contributed by atoms with Crippen LogP contribution in [0, 0.1) is 0 Å². The molecule has 5 heteroatoms. The van der Waals surface area contributed by atoms with Crippen molar-refractivity contribution in [1.29, 1.82) is 0 Å². The standard InChI is InChI=1S/C11H9Br2NS2/c12-8-1-2-9(14)10(4-8)15-5-7-3-11(13)16-6-7/h1-4,6H,5,14H2. The zero-order valence-electron chi connectivity index (χ0n) is 8.24. The monoisotopic (exact) mass is 377 g/mol. The number of nitrogen functional groups attached to an aromatic ring is 1. The molecule has 1 aromatic heterocycles. The Morgan fingerprint density at radius 1 is 1.25 bits per heavy atom. The largest absolute Gasteiger partial charge is 0.398 e. The second kappa shape index (κ2) is 5.58. The molecule has 0 aliphatic rings. The van der Waals surface area contributed by atoms with E-state index in [-0.39, 0.29) is 0 Å². The molecule has 2 aromatic rings. The summed E-state index contributed by atoms with van der Waals surface area (Å²) in [5.74, 6) is 0.947. The summed E-state index contributed by atoms with van der Waals surface area (Å²) in [6, 6.07) is 8.09. The highest BCUT2D eigenvalue weighted by Gasteiger charge is 2.03. The molecule has 0 radical (unpaired) electrons. The Bertz CT molecular complexity index is 496. The lowest BCUT2D eigenvalue weighted by molar-refractivity contribution is 1.40. The van der Waals surface area contributed by atoms with E-state index >= 15 is 0 Å². The van der Waals surface area contributed by atoms with Gasteiger partial charge in [0, 0.05) is 20.8 Å². The summed E-state index contributed by atoms with van der Waals surface area (Å²) in [6.45, 7) is 0. The molecule has 1 aromatic carbocycles.